The summed E-state index contributed by atoms with van der Waals surface area (Å²) in [5.74, 6) is 0. The van der Waals surface area contributed by atoms with Crippen LogP contribution in [0, 0.1) is 0 Å². The maximum absolute atomic E-state index is 10.7. The van der Waals surface area contributed by atoms with Gasteiger partial charge in [0.1, 0.15) is 0 Å². The lowest BCUT2D eigenvalue weighted by molar-refractivity contribution is 0.0576. The second kappa shape index (κ2) is 5.82. The summed E-state index contributed by atoms with van der Waals surface area (Å²) in [6.07, 6.45) is 0.567. The quantitative estimate of drug-likeness (QED) is 0.837. The zero-order valence-electron chi connectivity index (χ0n) is 13.2. The Bertz CT molecular complexity index is 606. The first-order valence-corrected chi connectivity index (χ1v) is 7.64. The van der Waals surface area contributed by atoms with Gasteiger partial charge in [0.25, 0.3) is 0 Å². The summed E-state index contributed by atoms with van der Waals surface area (Å²) in [4.78, 5) is 0. The van der Waals surface area contributed by atoms with Gasteiger partial charge in [-0.05, 0) is 41.2 Å². The first-order valence-electron chi connectivity index (χ1n) is 7.26. The molecule has 0 bridgehead atoms. The van der Waals surface area contributed by atoms with E-state index in [4.69, 9.17) is 11.6 Å². The van der Waals surface area contributed by atoms with Crippen LogP contribution in [0.2, 0.25) is 5.02 Å². The van der Waals surface area contributed by atoms with Crippen LogP contribution in [0.4, 0.5) is 0 Å². The standard InChI is InChI=1S/C19H23ClO/c1-18(2,3)15-10-8-14(9-11-15)13-19(4,21)16-6-5-7-17(20)12-16/h5-12,21H,13H2,1-4H3. The second-order valence-electron chi connectivity index (χ2n) is 6.91. The molecule has 1 nitrogen and oxygen atoms in total. The van der Waals surface area contributed by atoms with Crippen molar-refractivity contribution >= 4 is 11.6 Å². The lowest BCUT2D eigenvalue weighted by atomic mass is 9.84. The summed E-state index contributed by atoms with van der Waals surface area (Å²) < 4.78 is 0. The van der Waals surface area contributed by atoms with Crippen molar-refractivity contribution in [3.05, 3.63) is 70.2 Å². The molecular formula is C19H23ClO. The molecule has 0 aliphatic heterocycles. The van der Waals surface area contributed by atoms with Gasteiger partial charge in [-0.15, -0.1) is 0 Å². The Morgan fingerprint density at radius 3 is 2.05 bits per heavy atom. The zero-order valence-corrected chi connectivity index (χ0v) is 13.9. The molecule has 1 N–H and O–H groups in total. The van der Waals surface area contributed by atoms with Crippen LogP contribution in [-0.2, 0) is 17.4 Å². The molecule has 1 unspecified atom stereocenters. The van der Waals surface area contributed by atoms with Crippen molar-refractivity contribution in [1.82, 2.24) is 0 Å². The van der Waals surface area contributed by atoms with Gasteiger partial charge in [-0.1, -0.05) is 68.8 Å². The maximum atomic E-state index is 10.7. The van der Waals surface area contributed by atoms with Crippen LogP contribution in [0.25, 0.3) is 0 Å². The van der Waals surface area contributed by atoms with E-state index in [1.807, 2.05) is 31.2 Å². The van der Waals surface area contributed by atoms with Gasteiger partial charge < -0.3 is 5.11 Å². The molecule has 0 fully saturated rings. The van der Waals surface area contributed by atoms with E-state index in [2.05, 4.69) is 45.0 Å². The van der Waals surface area contributed by atoms with E-state index in [1.54, 1.807) is 0 Å². The minimum absolute atomic E-state index is 0.147. The lowest BCUT2D eigenvalue weighted by Crippen LogP contribution is -2.24. The van der Waals surface area contributed by atoms with Gasteiger partial charge in [0.2, 0.25) is 0 Å². The summed E-state index contributed by atoms with van der Waals surface area (Å²) >= 11 is 6.01. The van der Waals surface area contributed by atoms with Gasteiger partial charge in [-0.2, -0.15) is 0 Å². The fourth-order valence-electron chi connectivity index (χ4n) is 2.45. The first-order chi connectivity index (χ1) is 9.68. The average molecular weight is 303 g/mol. The first kappa shape index (κ1) is 16.1. The summed E-state index contributed by atoms with van der Waals surface area (Å²) in [5.41, 5.74) is 2.49. The smallest absolute Gasteiger partial charge is 0.0909 e. The molecule has 21 heavy (non-hydrogen) atoms. The highest BCUT2D eigenvalue weighted by atomic mass is 35.5. The summed E-state index contributed by atoms with van der Waals surface area (Å²) in [5, 5.41) is 11.4. The summed E-state index contributed by atoms with van der Waals surface area (Å²) in [6.45, 7) is 8.43. The van der Waals surface area contributed by atoms with Gasteiger partial charge in [-0.25, -0.2) is 0 Å². The van der Waals surface area contributed by atoms with Gasteiger partial charge >= 0.3 is 0 Å². The van der Waals surface area contributed by atoms with Crippen molar-refractivity contribution in [2.75, 3.05) is 0 Å². The normalized spacial score (nSPS) is 14.8. The van der Waals surface area contributed by atoms with Gasteiger partial charge in [0, 0.05) is 11.4 Å². The minimum Gasteiger partial charge on any atom is -0.385 e. The Labute approximate surface area is 132 Å². The van der Waals surface area contributed by atoms with Gasteiger partial charge in [-0.3, -0.25) is 0 Å². The third kappa shape index (κ3) is 4.09. The van der Waals surface area contributed by atoms with Crippen LogP contribution in [-0.4, -0.2) is 5.11 Å². The van der Waals surface area contributed by atoms with Crippen molar-refractivity contribution in [3.8, 4) is 0 Å². The molecule has 2 rings (SSSR count). The molecule has 2 aromatic rings. The molecule has 0 saturated carbocycles. The van der Waals surface area contributed by atoms with E-state index in [0.29, 0.717) is 11.4 Å². The Morgan fingerprint density at radius 1 is 0.905 bits per heavy atom. The predicted molar refractivity (Wildman–Crippen MR) is 89.9 cm³/mol. The Kier molecular flexibility index (Phi) is 4.46. The van der Waals surface area contributed by atoms with Crippen molar-refractivity contribution in [1.29, 1.82) is 0 Å². The fourth-order valence-corrected chi connectivity index (χ4v) is 2.64. The van der Waals surface area contributed by atoms with E-state index < -0.39 is 5.60 Å². The zero-order chi connectivity index (χ0) is 15.7. The van der Waals surface area contributed by atoms with Crippen LogP contribution < -0.4 is 0 Å². The maximum Gasteiger partial charge on any atom is 0.0909 e. The molecule has 0 heterocycles. The Morgan fingerprint density at radius 2 is 1.52 bits per heavy atom. The third-order valence-corrected chi connectivity index (χ3v) is 4.05. The molecule has 112 valence electrons. The third-order valence-electron chi connectivity index (χ3n) is 3.81. The number of aliphatic hydroxyl groups is 1. The number of halogens is 1. The van der Waals surface area contributed by atoms with Crippen LogP contribution >= 0.6 is 11.6 Å². The highest BCUT2D eigenvalue weighted by molar-refractivity contribution is 6.30. The highest BCUT2D eigenvalue weighted by Crippen LogP contribution is 2.28. The number of hydrogen-bond acceptors (Lipinski definition) is 1. The van der Waals surface area contributed by atoms with E-state index >= 15 is 0 Å². The molecular weight excluding hydrogens is 280 g/mol. The summed E-state index contributed by atoms with van der Waals surface area (Å²) in [7, 11) is 0. The van der Waals surface area contributed by atoms with Crippen LogP contribution in [0.1, 0.15) is 44.4 Å². The van der Waals surface area contributed by atoms with E-state index in [0.717, 1.165) is 11.1 Å². The topological polar surface area (TPSA) is 20.2 Å². The molecule has 0 aliphatic carbocycles. The number of hydrogen-bond donors (Lipinski definition) is 1. The Balaban J connectivity index is 2.20. The molecule has 1 atom stereocenters. The minimum atomic E-state index is -0.922. The van der Waals surface area contributed by atoms with Gasteiger partial charge in [0.15, 0.2) is 0 Å². The van der Waals surface area contributed by atoms with Crippen molar-refractivity contribution < 1.29 is 5.11 Å². The SMILES string of the molecule is CC(C)(C)c1ccc(CC(C)(O)c2cccc(Cl)c2)cc1. The van der Waals surface area contributed by atoms with E-state index in [1.165, 1.54) is 5.56 Å². The molecule has 0 saturated heterocycles. The fraction of sp³-hybridized carbons (Fsp3) is 0.368. The molecule has 0 aliphatic rings. The van der Waals surface area contributed by atoms with Crippen molar-refractivity contribution in [3.63, 3.8) is 0 Å². The molecule has 2 heteroatoms. The number of benzene rings is 2. The van der Waals surface area contributed by atoms with Crippen molar-refractivity contribution in [2.45, 2.75) is 45.1 Å². The average Bonchev–Trinajstić information content (AvgIpc) is 2.38. The van der Waals surface area contributed by atoms with Crippen LogP contribution in [0.15, 0.2) is 48.5 Å². The molecule has 0 amide bonds. The van der Waals surface area contributed by atoms with Gasteiger partial charge in [0.05, 0.1) is 5.60 Å². The largest absolute Gasteiger partial charge is 0.385 e. The highest BCUT2D eigenvalue weighted by Gasteiger charge is 2.24. The second-order valence-corrected chi connectivity index (χ2v) is 7.34. The molecule has 0 spiro atoms. The lowest BCUT2D eigenvalue weighted by Gasteiger charge is -2.25. The predicted octanol–water partition coefficient (Wildman–Crippen LogP) is 5.09. The van der Waals surface area contributed by atoms with Crippen LogP contribution in [0.5, 0.6) is 0 Å². The van der Waals surface area contributed by atoms with Crippen LogP contribution in [0.3, 0.4) is 0 Å². The number of rotatable bonds is 3. The monoisotopic (exact) mass is 302 g/mol. The molecule has 2 aromatic carbocycles. The molecule has 0 radical (unpaired) electrons. The van der Waals surface area contributed by atoms with E-state index in [9.17, 15) is 5.11 Å². The molecule has 0 aromatic heterocycles. The van der Waals surface area contributed by atoms with Crippen molar-refractivity contribution in [2.24, 2.45) is 0 Å². The Hall–Kier alpha value is -1.31. The summed E-state index contributed by atoms with van der Waals surface area (Å²) in [6, 6.07) is 15.9. The van der Waals surface area contributed by atoms with E-state index in [-0.39, 0.29) is 5.41 Å².